The van der Waals surface area contributed by atoms with Gasteiger partial charge >= 0.3 is 5.69 Å². The molecule has 2 rings (SSSR count). The fourth-order valence-electron chi connectivity index (χ4n) is 2.39. The number of sulfonamides is 1. The predicted molar refractivity (Wildman–Crippen MR) is 87.7 cm³/mol. The summed E-state index contributed by atoms with van der Waals surface area (Å²) in [5.74, 6) is 0.138. The van der Waals surface area contributed by atoms with Crippen LogP contribution in [0.4, 0.5) is 5.69 Å². The van der Waals surface area contributed by atoms with Gasteiger partial charge in [-0.3, -0.25) is 10.1 Å². The van der Waals surface area contributed by atoms with Crippen molar-refractivity contribution in [2.45, 2.75) is 24.3 Å². The lowest BCUT2D eigenvalue weighted by Crippen LogP contribution is -2.50. The summed E-state index contributed by atoms with van der Waals surface area (Å²) >= 11 is 0. The van der Waals surface area contributed by atoms with Crippen LogP contribution in [0, 0.1) is 16.0 Å². The Morgan fingerprint density at radius 3 is 2.70 bits per heavy atom. The summed E-state index contributed by atoms with van der Waals surface area (Å²) in [7, 11) is -2.50. The Balaban J connectivity index is 0.00000264. The van der Waals surface area contributed by atoms with Gasteiger partial charge in [-0.1, -0.05) is 6.92 Å². The van der Waals surface area contributed by atoms with Crippen molar-refractivity contribution in [2.24, 2.45) is 5.92 Å². The molecule has 23 heavy (non-hydrogen) atoms. The van der Waals surface area contributed by atoms with Crippen LogP contribution in [-0.2, 0) is 10.0 Å². The molecule has 130 valence electrons. The normalized spacial score (nSPS) is 21.3. The van der Waals surface area contributed by atoms with Crippen LogP contribution in [0.2, 0.25) is 0 Å². The molecule has 1 aliphatic heterocycles. The quantitative estimate of drug-likeness (QED) is 0.601. The number of rotatable bonds is 5. The van der Waals surface area contributed by atoms with Crippen LogP contribution >= 0.6 is 12.4 Å². The van der Waals surface area contributed by atoms with Crippen LogP contribution in [0.25, 0.3) is 0 Å². The number of ether oxygens (including phenoxy) is 1. The minimum atomic E-state index is -3.76. The van der Waals surface area contributed by atoms with Crippen molar-refractivity contribution in [3.63, 3.8) is 0 Å². The smallest absolute Gasteiger partial charge is 0.310 e. The second kappa shape index (κ2) is 7.91. The number of piperidine rings is 1. The second-order valence-corrected chi connectivity index (χ2v) is 7.00. The molecule has 0 aliphatic carbocycles. The highest BCUT2D eigenvalue weighted by Gasteiger charge is 2.28. The maximum atomic E-state index is 12.4. The van der Waals surface area contributed by atoms with Gasteiger partial charge in [-0.2, -0.15) is 0 Å². The Morgan fingerprint density at radius 2 is 2.13 bits per heavy atom. The second-order valence-electron chi connectivity index (χ2n) is 5.29. The maximum absolute atomic E-state index is 12.4. The zero-order valence-corrected chi connectivity index (χ0v) is 14.4. The number of hydrogen-bond acceptors (Lipinski definition) is 6. The molecule has 0 bridgehead atoms. The predicted octanol–water partition coefficient (Wildman–Crippen LogP) is 1.30. The first-order valence-corrected chi connectivity index (χ1v) is 8.39. The maximum Gasteiger partial charge on any atom is 0.310 e. The van der Waals surface area contributed by atoms with Gasteiger partial charge in [-0.05, 0) is 24.9 Å². The van der Waals surface area contributed by atoms with E-state index in [-0.39, 0.29) is 40.7 Å². The molecule has 0 aromatic heterocycles. The van der Waals surface area contributed by atoms with Crippen LogP contribution in [0.15, 0.2) is 23.1 Å². The molecule has 1 aromatic carbocycles. The summed E-state index contributed by atoms with van der Waals surface area (Å²) in [5, 5.41) is 14.0. The van der Waals surface area contributed by atoms with Crippen LogP contribution < -0.4 is 14.8 Å². The van der Waals surface area contributed by atoms with Gasteiger partial charge in [-0.25, -0.2) is 13.1 Å². The lowest BCUT2D eigenvalue weighted by Gasteiger charge is -2.29. The van der Waals surface area contributed by atoms with Crippen molar-refractivity contribution >= 4 is 28.1 Å². The summed E-state index contributed by atoms with van der Waals surface area (Å²) in [6.07, 6.45) is 0.886. The van der Waals surface area contributed by atoms with E-state index in [9.17, 15) is 18.5 Å². The van der Waals surface area contributed by atoms with Crippen molar-refractivity contribution in [3.8, 4) is 5.75 Å². The van der Waals surface area contributed by atoms with Crippen molar-refractivity contribution < 1.29 is 18.1 Å². The van der Waals surface area contributed by atoms with Crippen molar-refractivity contribution in [1.82, 2.24) is 10.0 Å². The van der Waals surface area contributed by atoms with E-state index in [2.05, 4.69) is 10.0 Å². The molecule has 1 aromatic rings. The monoisotopic (exact) mass is 365 g/mol. The number of nitro groups is 1. The van der Waals surface area contributed by atoms with Crippen LogP contribution in [0.3, 0.4) is 0 Å². The standard InChI is InChI=1S/C13H19N3O5S.ClH/c1-9-5-6-14-8-11(9)15-22(19,20)10-3-4-12(16(17)18)13(7-10)21-2;/h3-4,7,9,11,14-15H,5-6,8H2,1-2H3;1H. The Morgan fingerprint density at radius 1 is 1.43 bits per heavy atom. The molecule has 1 saturated heterocycles. The van der Waals surface area contributed by atoms with E-state index in [1.54, 1.807) is 0 Å². The topological polar surface area (TPSA) is 111 Å². The molecule has 0 saturated carbocycles. The zero-order chi connectivity index (χ0) is 16.3. The zero-order valence-electron chi connectivity index (χ0n) is 12.8. The number of benzene rings is 1. The molecular formula is C13H20ClN3O5S. The van der Waals surface area contributed by atoms with E-state index in [1.165, 1.54) is 19.2 Å². The lowest BCUT2D eigenvalue weighted by molar-refractivity contribution is -0.385. The third-order valence-electron chi connectivity index (χ3n) is 3.79. The van der Waals surface area contributed by atoms with Gasteiger partial charge in [0.05, 0.1) is 16.9 Å². The average molecular weight is 366 g/mol. The summed E-state index contributed by atoms with van der Waals surface area (Å²) in [6.45, 7) is 3.42. The highest BCUT2D eigenvalue weighted by molar-refractivity contribution is 7.89. The highest BCUT2D eigenvalue weighted by Crippen LogP contribution is 2.29. The molecule has 1 fully saturated rings. The fraction of sp³-hybridized carbons (Fsp3) is 0.538. The highest BCUT2D eigenvalue weighted by atomic mass is 35.5. The van der Waals surface area contributed by atoms with Crippen molar-refractivity contribution in [2.75, 3.05) is 20.2 Å². The van der Waals surface area contributed by atoms with E-state index in [0.29, 0.717) is 6.54 Å². The third kappa shape index (κ3) is 4.54. The summed E-state index contributed by atoms with van der Waals surface area (Å²) in [5.41, 5.74) is -0.269. The molecule has 2 atom stereocenters. The number of hydrogen-bond donors (Lipinski definition) is 2. The molecule has 1 aliphatic rings. The molecule has 0 radical (unpaired) electrons. The van der Waals surface area contributed by atoms with E-state index in [4.69, 9.17) is 4.74 Å². The van der Waals surface area contributed by atoms with Gasteiger partial charge in [0.1, 0.15) is 0 Å². The largest absolute Gasteiger partial charge is 0.490 e. The third-order valence-corrected chi connectivity index (χ3v) is 5.28. The molecule has 10 heteroatoms. The van der Waals surface area contributed by atoms with Crippen LogP contribution in [0.1, 0.15) is 13.3 Å². The number of nitrogens with one attached hydrogen (secondary N) is 2. The van der Waals surface area contributed by atoms with Crippen molar-refractivity contribution in [1.29, 1.82) is 0 Å². The molecule has 0 amide bonds. The molecule has 0 spiro atoms. The van der Waals surface area contributed by atoms with Gasteiger partial charge in [0, 0.05) is 24.7 Å². The first-order chi connectivity index (χ1) is 10.3. The summed E-state index contributed by atoms with van der Waals surface area (Å²) in [4.78, 5) is 10.2. The molecule has 2 unspecified atom stereocenters. The number of halogens is 1. The van der Waals surface area contributed by atoms with Gasteiger partial charge in [0.2, 0.25) is 10.0 Å². The molecule has 8 nitrogen and oxygen atoms in total. The van der Waals surface area contributed by atoms with Gasteiger partial charge in [-0.15, -0.1) is 12.4 Å². The van der Waals surface area contributed by atoms with Gasteiger partial charge < -0.3 is 10.1 Å². The summed E-state index contributed by atoms with van der Waals surface area (Å²) in [6, 6.07) is 3.31. The van der Waals surface area contributed by atoms with Gasteiger partial charge in [0.25, 0.3) is 0 Å². The number of nitro benzene ring substituents is 1. The Labute approximate surface area is 141 Å². The van der Waals surface area contributed by atoms with E-state index >= 15 is 0 Å². The minimum Gasteiger partial charge on any atom is -0.490 e. The Kier molecular flexibility index (Phi) is 6.75. The number of nitrogens with zero attached hydrogens (tertiary/aromatic N) is 1. The molecule has 1 heterocycles. The average Bonchev–Trinajstić information content (AvgIpc) is 2.48. The van der Waals surface area contributed by atoms with Crippen LogP contribution in [0.5, 0.6) is 5.75 Å². The minimum absolute atomic E-state index is 0. The fourth-order valence-corrected chi connectivity index (χ4v) is 3.75. The lowest BCUT2D eigenvalue weighted by atomic mass is 9.96. The summed E-state index contributed by atoms with van der Waals surface area (Å²) < 4.78 is 32.4. The number of methoxy groups -OCH3 is 1. The van der Waals surface area contributed by atoms with Gasteiger partial charge in [0.15, 0.2) is 5.75 Å². The molecule has 2 N–H and O–H groups in total. The molecular weight excluding hydrogens is 346 g/mol. The first-order valence-electron chi connectivity index (χ1n) is 6.90. The van der Waals surface area contributed by atoms with E-state index in [1.807, 2.05) is 6.92 Å². The Bertz CT molecular complexity index is 668. The Hall–Kier alpha value is -1.42. The van der Waals surface area contributed by atoms with E-state index in [0.717, 1.165) is 19.0 Å². The SMILES string of the molecule is COc1cc(S(=O)(=O)NC2CNCCC2C)ccc1[N+](=O)[O-].Cl. The first kappa shape index (κ1) is 19.6. The van der Waals surface area contributed by atoms with Crippen LogP contribution in [-0.4, -0.2) is 39.6 Å². The van der Waals surface area contributed by atoms with Crippen molar-refractivity contribution in [3.05, 3.63) is 28.3 Å². The van der Waals surface area contributed by atoms with E-state index < -0.39 is 14.9 Å².